The van der Waals surface area contributed by atoms with Gasteiger partial charge in [0, 0.05) is 61.3 Å². The minimum Gasteiger partial charge on any atom is -0.339 e. The number of fused-ring (bicyclic) bond motifs is 8. The van der Waals surface area contributed by atoms with E-state index < -0.39 is 0 Å². The van der Waals surface area contributed by atoms with E-state index in [4.69, 9.17) is 0 Å². The minimum absolute atomic E-state index is 0.165. The van der Waals surface area contributed by atoms with Crippen LogP contribution in [0.1, 0.15) is 63.5 Å². The van der Waals surface area contributed by atoms with Crippen LogP contribution in [0.25, 0.3) is 0 Å². The Hall–Kier alpha value is -3.08. The lowest BCUT2D eigenvalue weighted by atomic mass is 9.54. The zero-order valence-electron chi connectivity index (χ0n) is 29.2. The molecule has 4 heteroatoms. The highest BCUT2D eigenvalue weighted by molar-refractivity contribution is 5.76. The third-order valence-corrected chi connectivity index (χ3v) is 16.7. The van der Waals surface area contributed by atoms with Crippen molar-refractivity contribution in [3.8, 4) is 0 Å². The number of benzene rings is 2. The fraction of sp³-hybridized carbons (Fsp3) is 0.545. The van der Waals surface area contributed by atoms with Crippen LogP contribution in [0.15, 0.2) is 97.4 Å². The van der Waals surface area contributed by atoms with Crippen molar-refractivity contribution < 1.29 is 8.97 Å². The van der Waals surface area contributed by atoms with E-state index in [1.807, 2.05) is 0 Å². The van der Waals surface area contributed by atoms with Crippen LogP contribution in [-0.4, -0.2) is 72.4 Å². The Labute approximate surface area is 288 Å². The number of piperidine rings is 2. The monoisotopic (exact) mass is 638 g/mol. The van der Waals surface area contributed by atoms with Crippen molar-refractivity contribution in [3.05, 3.63) is 109 Å². The second-order valence-electron chi connectivity index (χ2n) is 17.7. The van der Waals surface area contributed by atoms with Gasteiger partial charge < -0.3 is 18.8 Å². The van der Waals surface area contributed by atoms with E-state index in [9.17, 15) is 0 Å². The predicted octanol–water partition coefficient (Wildman–Crippen LogP) is 7.69. The molecule has 2 aliphatic carbocycles. The summed E-state index contributed by atoms with van der Waals surface area (Å²) in [6.07, 6.45) is 18.0. The number of anilines is 2. The maximum Gasteiger partial charge on any atom is 0.102 e. The van der Waals surface area contributed by atoms with Gasteiger partial charge in [-0.15, -0.1) is 0 Å². The van der Waals surface area contributed by atoms with Gasteiger partial charge in [-0.25, -0.2) is 0 Å². The Balaban J connectivity index is 1.21. The zero-order valence-corrected chi connectivity index (χ0v) is 29.2. The van der Waals surface area contributed by atoms with Gasteiger partial charge in [0.15, 0.2) is 0 Å². The molecule has 6 fully saturated rings. The zero-order chi connectivity index (χ0) is 32.2. The molecule has 12 atom stereocenters. The van der Waals surface area contributed by atoms with E-state index in [0.717, 1.165) is 24.9 Å². The van der Waals surface area contributed by atoms with Crippen LogP contribution in [0.5, 0.6) is 0 Å². The molecule has 0 amide bonds. The molecule has 9 aliphatic rings. The van der Waals surface area contributed by atoms with Crippen LogP contribution in [0.4, 0.5) is 11.4 Å². The van der Waals surface area contributed by atoms with Crippen LogP contribution in [0, 0.1) is 23.7 Å². The summed E-state index contributed by atoms with van der Waals surface area (Å²) < 4.78 is 2.54. The first kappa shape index (κ1) is 28.7. The molecule has 11 rings (SSSR count). The van der Waals surface area contributed by atoms with Gasteiger partial charge in [0.1, 0.15) is 12.1 Å². The maximum absolute atomic E-state index is 4.35. The third kappa shape index (κ3) is 2.99. The van der Waals surface area contributed by atoms with Gasteiger partial charge in [0.25, 0.3) is 0 Å². The Morgan fingerprint density at radius 2 is 1.12 bits per heavy atom. The lowest BCUT2D eigenvalue weighted by Crippen LogP contribution is -2.70. The normalized spacial score (nSPS) is 48.2. The summed E-state index contributed by atoms with van der Waals surface area (Å²) in [5.41, 5.74) is 10.2. The maximum atomic E-state index is 4.35. The minimum atomic E-state index is 0.165. The molecule has 7 heterocycles. The second kappa shape index (κ2) is 9.37. The van der Waals surface area contributed by atoms with Crippen molar-refractivity contribution in [2.24, 2.45) is 23.7 Å². The first-order chi connectivity index (χ1) is 23.5. The van der Waals surface area contributed by atoms with Crippen LogP contribution in [-0.2, 0) is 10.8 Å². The fourth-order valence-electron chi connectivity index (χ4n) is 15.3. The lowest BCUT2D eigenvalue weighted by Gasteiger charge is -2.60. The Bertz CT molecular complexity index is 1690. The topological polar surface area (TPSA) is 6.48 Å². The number of rotatable bonds is 6. The largest absolute Gasteiger partial charge is 0.339 e. The Morgan fingerprint density at radius 3 is 1.54 bits per heavy atom. The summed E-state index contributed by atoms with van der Waals surface area (Å²) in [6.45, 7) is 21.2. The number of para-hydroxylation sites is 2. The first-order valence-corrected chi connectivity index (χ1v) is 19.6. The van der Waals surface area contributed by atoms with Gasteiger partial charge >= 0.3 is 0 Å². The summed E-state index contributed by atoms with van der Waals surface area (Å²) in [4.78, 5) is 5.86. The molecule has 0 N–H and O–H groups in total. The van der Waals surface area contributed by atoms with Crippen LogP contribution < -0.4 is 9.80 Å². The Morgan fingerprint density at radius 1 is 0.688 bits per heavy atom. The van der Waals surface area contributed by atoms with Crippen molar-refractivity contribution in [2.75, 3.05) is 49.1 Å². The number of hydrogen-bond donors (Lipinski definition) is 0. The molecule has 0 radical (unpaired) electrons. The van der Waals surface area contributed by atoms with Gasteiger partial charge in [0.2, 0.25) is 0 Å². The lowest BCUT2D eigenvalue weighted by molar-refractivity contribution is -0.946. The summed E-state index contributed by atoms with van der Waals surface area (Å²) >= 11 is 0. The summed E-state index contributed by atoms with van der Waals surface area (Å²) in [7, 11) is 0. The number of hydrogen-bond acceptors (Lipinski definition) is 2. The summed E-state index contributed by atoms with van der Waals surface area (Å²) in [5.74, 6) is 2.74. The molecule has 2 aromatic rings. The number of quaternary nitrogens is 2. The van der Waals surface area contributed by atoms with Crippen LogP contribution in [0.2, 0.25) is 0 Å². The van der Waals surface area contributed by atoms with E-state index >= 15 is 0 Å². The number of nitrogens with zero attached hydrogens (tertiary/aromatic N) is 4. The molecule has 2 saturated carbocycles. The third-order valence-electron chi connectivity index (χ3n) is 16.7. The molecular weight excluding hydrogens is 585 g/mol. The molecular formula is C44H54N4+2. The molecule has 2 aromatic carbocycles. The summed E-state index contributed by atoms with van der Waals surface area (Å²) in [5, 5.41) is 0. The van der Waals surface area contributed by atoms with Gasteiger partial charge in [0.05, 0.1) is 62.2 Å². The van der Waals surface area contributed by atoms with Gasteiger partial charge in [-0.3, -0.25) is 0 Å². The van der Waals surface area contributed by atoms with E-state index in [0.29, 0.717) is 36.0 Å². The van der Waals surface area contributed by atoms with E-state index in [1.165, 1.54) is 85.0 Å². The highest BCUT2D eigenvalue weighted by atomic mass is 15.4. The smallest absolute Gasteiger partial charge is 0.102 e. The standard InChI is InChI=1S/C44H54N4/c1-5-19-47-21-17-43-35-13-9-11-15-37(35)45-26-34-32-24-40-44(18-22-48(40,20-6-2)28-30(32)8-4)36-14-10-12-16-38(36)46(42(34)44)25-33(41(43)45)31(23-39(43)47)29(7-3)27-47/h5-6,9-16,25-26,29-32,39-42H,1-2,7-8,17-24,27-28H2,3-4H3/q+2/b33-25-,34-26-/t29-,30-,31+,32+,39+,40+,41+,42+,43-,44-,47?,48?/m1/s1. The average molecular weight is 639 g/mol. The highest BCUT2D eigenvalue weighted by Crippen LogP contribution is 2.70. The van der Waals surface area contributed by atoms with Gasteiger partial charge in [-0.2, -0.15) is 0 Å². The Kier molecular flexibility index (Phi) is 5.61. The fourth-order valence-corrected chi connectivity index (χ4v) is 15.3. The van der Waals surface area contributed by atoms with Crippen molar-refractivity contribution in [2.45, 2.75) is 87.4 Å². The molecule has 2 spiro atoms. The van der Waals surface area contributed by atoms with Crippen molar-refractivity contribution in [1.82, 2.24) is 0 Å². The molecule has 7 aliphatic heterocycles. The average Bonchev–Trinajstić information content (AvgIpc) is 3.80. The van der Waals surface area contributed by atoms with Gasteiger partial charge in [-0.1, -0.05) is 63.4 Å². The molecule has 4 bridgehead atoms. The molecule has 48 heavy (non-hydrogen) atoms. The van der Waals surface area contributed by atoms with Gasteiger partial charge in [-0.05, 0) is 71.2 Å². The molecule has 4 nitrogen and oxygen atoms in total. The van der Waals surface area contributed by atoms with Crippen molar-refractivity contribution >= 4 is 11.4 Å². The molecule has 248 valence electrons. The molecule has 2 unspecified atom stereocenters. The first-order valence-electron chi connectivity index (χ1n) is 19.6. The van der Waals surface area contributed by atoms with Crippen molar-refractivity contribution in [3.63, 3.8) is 0 Å². The van der Waals surface area contributed by atoms with E-state index in [-0.39, 0.29) is 10.8 Å². The van der Waals surface area contributed by atoms with Crippen LogP contribution in [0.3, 0.4) is 0 Å². The molecule has 0 aromatic heterocycles. The molecule has 4 saturated heterocycles. The van der Waals surface area contributed by atoms with E-state index in [2.05, 4.69) is 110 Å². The second-order valence-corrected chi connectivity index (χ2v) is 17.7. The van der Waals surface area contributed by atoms with Crippen LogP contribution >= 0.6 is 0 Å². The van der Waals surface area contributed by atoms with E-state index in [1.54, 1.807) is 22.3 Å². The SMILES string of the molecule is C=CC[N+]12CC[C@@]34c5ccccc5N5/C=C6/[C@H]7C[C@H]8[C@@]9(CC[N+]8(CC=C)C[C@H]7CC)c7ccccc7N(/C=C(/[C@@H](C[C@@H]31)[C@H](CC)C2)[C@H]54)[C@@H]69. The van der Waals surface area contributed by atoms with Crippen molar-refractivity contribution in [1.29, 1.82) is 0 Å². The summed E-state index contributed by atoms with van der Waals surface area (Å²) in [6, 6.07) is 21.7. The predicted molar refractivity (Wildman–Crippen MR) is 196 cm³/mol. The highest BCUT2D eigenvalue weighted by Gasteiger charge is 2.75. The quantitative estimate of drug-likeness (QED) is 0.237.